The molecule has 1 unspecified atom stereocenters. The molecule has 4 fully saturated rings. The molecule has 0 aromatic heterocycles. The normalized spacial score (nSPS) is 54.2. The second kappa shape index (κ2) is 5.38. The Balaban J connectivity index is 1.60. The summed E-state index contributed by atoms with van der Waals surface area (Å²) in [5, 5.41) is 0. The van der Waals surface area contributed by atoms with Gasteiger partial charge in [-0.25, -0.2) is 0 Å². The van der Waals surface area contributed by atoms with Gasteiger partial charge in [-0.15, -0.1) is 6.58 Å². The van der Waals surface area contributed by atoms with E-state index in [9.17, 15) is 0 Å². The summed E-state index contributed by atoms with van der Waals surface area (Å²) < 4.78 is 0. The predicted octanol–water partition coefficient (Wildman–Crippen LogP) is 6.61. The summed E-state index contributed by atoms with van der Waals surface area (Å²) in [6, 6.07) is 0. The molecule has 0 bridgehead atoms. The quantitative estimate of drug-likeness (QED) is 0.503. The lowest BCUT2D eigenvalue weighted by atomic mass is 9.45. The molecule has 0 saturated heterocycles. The fourth-order valence-corrected chi connectivity index (χ4v) is 7.99. The first kappa shape index (κ1) is 15.3. The van der Waals surface area contributed by atoms with Gasteiger partial charge >= 0.3 is 0 Å². The Kier molecular flexibility index (Phi) is 3.74. The van der Waals surface area contributed by atoms with Gasteiger partial charge in [0.2, 0.25) is 0 Å². The van der Waals surface area contributed by atoms with Crippen molar-refractivity contribution in [2.24, 2.45) is 40.4 Å². The zero-order valence-electron chi connectivity index (χ0n) is 14.9. The lowest BCUT2D eigenvalue weighted by Crippen LogP contribution is -2.52. The molecule has 0 heterocycles. The smallest absolute Gasteiger partial charge is 0.0263 e. The molecule has 4 saturated carbocycles. The van der Waals surface area contributed by atoms with E-state index >= 15 is 0 Å². The van der Waals surface area contributed by atoms with E-state index in [1.807, 2.05) is 0 Å². The Hall–Kier alpha value is -0.260. The first-order valence-corrected chi connectivity index (χ1v) is 10.2. The molecule has 0 radical (unpaired) electrons. The van der Waals surface area contributed by atoms with E-state index in [2.05, 4.69) is 26.5 Å². The summed E-state index contributed by atoms with van der Waals surface area (Å²) in [7, 11) is 0. The molecule has 0 heteroatoms. The predicted molar refractivity (Wildman–Crippen MR) is 94.6 cm³/mol. The molecule has 0 aromatic rings. The van der Waals surface area contributed by atoms with Crippen molar-refractivity contribution >= 4 is 0 Å². The minimum Gasteiger partial charge on any atom is -0.103 e. The number of hydrogen-bond acceptors (Lipinski definition) is 0. The van der Waals surface area contributed by atoms with E-state index in [0.29, 0.717) is 10.8 Å². The molecule has 0 spiro atoms. The monoisotopic (exact) mass is 300 g/mol. The van der Waals surface area contributed by atoms with Crippen LogP contribution in [0.1, 0.15) is 84.5 Å². The van der Waals surface area contributed by atoms with Gasteiger partial charge in [0.05, 0.1) is 0 Å². The first-order valence-electron chi connectivity index (χ1n) is 10.2. The molecule has 124 valence electrons. The van der Waals surface area contributed by atoms with E-state index in [1.165, 1.54) is 44.9 Å². The van der Waals surface area contributed by atoms with Gasteiger partial charge in [0.25, 0.3) is 0 Å². The van der Waals surface area contributed by atoms with Gasteiger partial charge in [0, 0.05) is 0 Å². The Morgan fingerprint density at radius 3 is 2.50 bits per heavy atom. The van der Waals surface area contributed by atoms with Crippen molar-refractivity contribution in [3.05, 3.63) is 12.7 Å². The molecule has 0 aliphatic heterocycles. The Labute approximate surface area is 138 Å². The summed E-state index contributed by atoms with van der Waals surface area (Å²) >= 11 is 0. The Morgan fingerprint density at radius 2 is 1.68 bits per heavy atom. The van der Waals surface area contributed by atoms with Gasteiger partial charge in [-0.3, -0.25) is 0 Å². The highest BCUT2D eigenvalue weighted by molar-refractivity contribution is 5.09. The number of rotatable bonds is 2. The van der Waals surface area contributed by atoms with Crippen LogP contribution in [0.3, 0.4) is 0 Å². The molecule has 4 aliphatic rings. The van der Waals surface area contributed by atoms with Crippen LogP contribution in [0.5, 0.6) is 0 Å². The minimum absolute atomic E-state index is 0.646. The maximum atomic E-state index is 4.04. The first-order chi connectivity index (χ1) is 10.6. The molecule has 7 atom stereocenters. The fraction of sp³-hybridized carbons (Fsp3) is 0.909. The van der Waals surface area contributed by atoms with Crippen LogP contribution in [-0.2, 0) is 0 Å². The Morgan fingerprint density at radius 1 is 0.864 bits per heavy atom. The van der Waals surface area contributed by atoms with Gasteiger partial charge in [-0.05, 0) is 98.2 Å². The van der Waals surface area contributed by atoms with Crippen molar-refractivity contribution in [1.29, 1.82) is 0 Å². The molecule has 4 rings (SSSR count). The third kappa shape index (κ3) is 2.01. The highest BCUT2D eigenvalue weighted by atomic mass is 14.6. The van der Waals surface area contributed by atoms with Crippen molar-refractivity contribution in [1.82, 2.24) is 0 Å². The second-order valence-electron chi connectivity index (χ2n) is 9.75. The summed E-state index contributed by atoms with van der Waals surface area (Å²) in [6.45, 7) is 9.40. The van der Waals surface area contributed by atoms with E-state index in [1.54, 1.807) is 25.7 Å². The highest BCUT2D eigenvalue weighted by Crippen LogP contribution is 2.67. The molecular weight excluding hydrogens is 264 g/mol. The third-order valence-corrected chi connectivity index (χ3v) is 9.23. The van der Waals surface area contributed by atoms with Crippen molar-refractivity contribution in [3.8, 4) is 0 Å². The van der Waals surface area contributed by atoms with Crippen LogP contribution in [0.15, 0.2) is 12.7 Å². The molecule has 0 nitrogen and oxygen atoms in total. The summed E-state index contributed by atoms with van der Waals surface area (Å²) in [6.07, 6.45) is 18.7. The van der Waals surface area contributed by atoms with Crippen LogP contribution in [0, 0.1) is 40.4 Å². The largest absolute Gasteiger partial charge is 0.103 e. The average molecular weight is 301 g/mol. The SMILES string of the molecule is C=CC[C@H]1CC[C@H]2[C@@H]3CCC4CCCC[C@]4(C)[C@H]3CC[C@]12C. The van der Waals surface area contributed by atoms with Crippen LogP contribution in [-0.4, -0.2) is 0 Å². The van der Waals surface area contributed by atoms with Gasteiger partial charge in [0.15, 0.2) is 0 Å². The van der Waals surface area contributed by atoms with Gasteiger partial charge < -0.3 is 0 Å². The maximum Gasteiger partial charge on any atom is -0.0263 e. The topological polar surface area (TPSA) is 0 Å². The lowest BCUT2D eigenvalue weighted by Gasteiger charge is -2.60. The minimum atomic E-state index is 0.646. The highest BCUT2D eigenvalue weighted by Gasteiger charge is 2.59. The third-order valence-electron chi connectivity index (χ3n) is 9.23. The zero-order chi connectivity index (χ0) is 15.4. The van der Waals surface area contributed by atoms with Crippen LogP contribution in [0.2, 0.25) is 0 Å². The van der Waals surface area contributed by atoms with Crippen LogP contribution < -0.4 is 0 Å². The van der Waals surface area contributed by atoms with E-state index in [-0.39, 0.29) is 0 Å². The molecule has 0 amide bonds. The molecule has 4 aliphatic carbocycles. The van der Waals surface area contributed by atoms with Crippen LogP contribution in [0.25, 0.3) is 0 Å². The summed E-state index contributed by atoms with van der Waals surface area (Å²) in [4.78, 5) is 0. The molecule has 0 aromatic carbocycles. The molecular formula is C22H36. The van der Waals surface area contributed by atoms with Crippen molar-refractivity contribution in [3.63, 3.8) is 0 Å². The van der Waals surface area contributed by atoms with Crippen molar-refractivity contribution in [2.75, 3.05) is 0 Å². The molecule has 22 heavy (non-hydrogen) atoms. The number of fused-ring (bicyclic) bond motifs is 5. The Bertz CT molecular complexity index is 437. The number of hydrogen-bond donors (Lipinski definition) is 0. The van der Waals surface area contributed by atoms with E-state index < -0.39 is 0 Å². The summed E-state index contributed by atoms with van der Waals surface area (Å²) in [5.41, 5.74) is 1.35. The van der Waals surface area contributed by atoms with Crippen molar-refractivity contribution in [2.45, 2.75) is 84.5 Å². The van der Waals surface area contributed by atoms with E-state index in [4.69, 9.17) is 0 Å². The lowest BCUT2D eigenvalue weighted by molar-refractivity contribution is -0.110. The van der Waals surface area contributed by atoms with E-state index in [0.717, 1.165) is 29.6 Å². The number of allylic oxidation sites excluding steroid dienone is 1. The fourth-order valence-electron chi connectivity index (χ4n) is 7.99. The van der Waals surface area contributed by atoms with Gasteiger partial charge in [-0.2, -0.15) is 0 Å². The van der Waals surface area contributed by atoms with Crippen molar-refractivity contribution < 1.29 is 0 Å². The van der Waals surface area contributed by atoms with Gasteiger partial charge in [-0.1, -0.05) is 32.8 Å². The second-order valence-corrected chi connectivity index (χ2v) is 9.75. The van der Waals surface area contributed by atoms with Crippen LogP contribution >= 0.6 is 0 Å². The average Bonchev–Trinajstić information content (AvgIpc) is 2.84. The zero-order valence-corrected chi connectivity index (χ0v) is 14.9. The molecule has 0 N–H and O–H groups in total. The summed E-state index contributed by atoms with van der Waals surface area (Å²) in [5.74, 6) is 5.17. The van der Waals surface area contributed by atoms with Crippen LogP contribution in [0.4, 0.5) is 0 Å². The van der Waals surface area contributed by atoms with Gasteiger partial charge in [0.1, 0.15) is 0 Å². The maximum absolute atomic E-state index is 4.04. The standard InChI is InChI=1S/C22H36/c1-4-7-16-10-12-19-18-11-9-17-8-5-6-14-21(17,2)20(18)13-15-22(16,19)3/h4,16-20H,1,5-15H2,2-3H3/t16-,17?,18-,19-,20-,21-,22+/m0/s1.